The van der Waals surface area contributed by atoms with Gasteiger partial charge in [-0.3, -0.25) is 0 Å². The van der Waals surface area contributed by atoms with E-state index in [0.717, 1.165) is 0 Å². The fraction of sp³-hybridized carbons (Fsp3) is 0. The van der Waals surface area contributed by atoms with Crippen LogP contribution in [0.5, 0.6) is 0 Å². The van der Waals surface area contributed by atoms with Crippen molar-refractivity contribution in [3.8, 4) is 17.3 Å². The van der Waals surface area contributed by atoms with Gasteiger partial charge in [0.25, 0.3) is 0 Å². The summed E-state index contributed by atoms with van der Waals surface area (Å²) in [4.78, 5) is 7.74. The van der Waals surface area contributed by atoms with E-state index in [-0.39, 0.29) is 11.5 Å². The van der Waals surface area contributed by atoms with Gasteiger partial charge in [-0.2, -0.15) is 5.26 Å². The van der Waals surface area contributed by atoms with Crippen molar-refractivity contribution in [3.63, 3.8) is 0 Å². The SMILES string of the molecule is N#Cc1cc(-c2ccnc(N)n2)ccc1F. The number of rotatable bonds is 1. The van der Waals surface area contributed by atoms with Gasteiger partial charge in [0.05, 0.1) is 11.3 Å². The largest absolute Gasteiger partial charge is 0.368 e. The van der Waals surface area contributed by atoms with E-state index in [0.29, 0.717) is 11.3 Å². The first-order chi connectivity index (χ1) is 7.70. The van der Waals surface area contributed by atoms with E-state index in [9.17, 15) is 4.39 Å². The molecule has 0 fully saturated rings. The molecule has 1 aromatic carbocycles. The van der Waals surface area contributed by atoms with Gasteiger partial charge in [-0.05, 0) is 24.3 Å². The molecule has 0 amide bonds. The molecule has 4 nitrogen and oxygen atoms in total. The molecule has 0 aliphatic rings. The van der Waals surface area contributed by atoms with Gasteiger partial charge in [0.2, 0.25) is 5.95 Å². The average Bonchev–Trinajstić information content (AvgIpc) is 2.29. The zero-order chi connectivity index (χ0) is 11.5. The number of nitrogens with zero attached hydrogens (tertiary/aromatic N) is 3. The van der Waals surface area contributed by atoms with Crippen LogP contribution >= 0.6 is 0 Å². The predicted octanol–water partition coefficient (Wildman–Crippen LogP) is 1.74. The van der Waals surface area contributed by atoms with Gasteiger partial charge >= 0.3 is 0 Å². The Balaban J connectivity index is 2.54. The van der Waals surface area contributed by atoms with Crippen LogP contribution in [-0.4, -0.2) is 9.97 Å². The van der Waals surface area contributed by atoms with Crippen molar-refractivity contribution >= 4 is 5.95 Å². The van der Waals surface area contributed by atoms with Crippen molar-refractivity contribution in [1.82, 2.24) is 9.97 Å². The summed E-state index contributed by atoms with van der Waals surface area (Å²) < 4.78 is 13.1. The molecule has 0 saturated heterocycles. The normalized spacial score (nSPS) is 9.75. The average molecular weight is 214 g/mol. The fourth-order valence-electron chi connectivity index (χ4n) is 1.30. The molecule has 0 radical (unpaired) electrons. The van der Waals surface area contributed by atoms with Crippen LogP contribution in [-0.2, 0) is 0 Å². The highest BCUT2D eigenvalue weighted by atomic mass is 19.1. The number of anilines is 1. The number of nitriles is 1. The standard InChI is InChI=1S/C11H7FN4/c12-9-2-1-7(5-8(9)6-13)10-3-4-15-11(14)16-10/h1-5H,(H2,14,15,16). The molecule has 1 heterocycles. The Morgan fingerprint density at radius 2 is 2.12 bits per heavy atom. The number of hydrogen-bond donors (Lipinski definition) is 1. The van der Waals surface area contributed by atoms with Crippen LogP contribution in [0.1, 0.15) is 5.56 Å². The maximum Gasteiger partial charge on any atom is 0.220 e. The predicted molar refractivity (Wildman–Crippen MR) is 56.6 cm³/mol. The summed E-state index contributed by atoms with van der Waals surface area (Å²) in [6.07, 6.45) is 1.51. The minimum absolute atomic E-state index is 0.0188. The van der Waals surface area contributed by atoms with Crippen LogP contribution in [0.15, 0.2) is 30.5 Å². The summed E-state index contributed by atoms with van der Waals surface area (Å²) in [6.45, 7) is 0. The molecule has 2 aromatic rings. The van der Waals surface area contributed by atoms with E-state index in [2.05, 4.69) is 9.97 Å². The second-order valence-corrected chi connectivity index (χ2v) is 3.11. The van der Waals surface area contributed by atoms with E-state index in [1.807, 2.05) is 0 Å². The van der Waals surface area contributed by atoms with Crippen molar-refractivity contribution in [2.75, 3.05) is 5.73 Å². The molecule has 1 aromatic heterocycles. The highest BCUT2D eigenvalue weighted by Crippen LogP contribution is 2.19. The molecular weight excluding hydrogens is 207 g/mol. The van der Waals surface area contributed by atoms with Crippen molar-refractivity contribution in [2.45, 2.75) is 0 Å². The maximum absolute atomic E-state index is 13.1. The second kappa shape index (κ2) is 3.95. The molecular formula is C11H7FN4. The van der Waals surface area contributed by atoms with Crippen LogP contribution < -0.4 is 5.73 Å². The first-order valence-electron chi connectivity index (χ1n) is 4.49. The maximum atomic E-state index is 13.1. The Morgan fingerprint density at radius 3 is 2.81 bits per heavy atom. The highest BCUT2D eigenvalue weighted by molar-refractivity contribution is 5.62. The molecule has 0 atom stereocenters. The second-order valence-electron chi connectivity index (χ2n) is 3.11. The van der Waals surface area contributed by atoms with Crippen LogP contribution in [0, 0.1) is 17.1 Å². The zero-order valence-electron chi connectivity index (χ0n) is 8.18. The molecule has 0 bridgehead atoms. The lowest BCUT2D eigenvalue weighted by Crippen LogP contribution is -1.95. The Hall–Kier alpha value is -2.48. The van der Waals surface area contributed by atoms with Crippen LogP contribution in [0.2, 0.25) is 0 Å². The molecule has 0 spiro atoms. The Kier molecular flexibility index (Phi) is 2.48. The summed E-state index contributed by atoms with van der Waals surface area (Å²) in [5.74, 6) is -0.409. The van der Waals surface area contributed by atoms with E-state index in [1.165, 1.54) is 24.4 Å². The van der Waals surface area contributed by atoms with Crippen LogP contribution in [0.4, 0.5) is 10.3 Å². The highest BCUT2D eigenvalue weighted by Gasteiger charge is 2.05. The first-order valence-corrected chi connectivity index (χ1v) is 4.49. The number of halogens is 1. The monoisotopic (exact) mass is 214 g/mol. The van der Waals surface area contributed by atoms with Gasteiger partial charge in [-0.15, -0.1) is 0 Å². The molecule has 0 unspecified atom stereocenters. The molecule has 0 aliphatic heterocycles. The van der Waals surface area contributed by atoms with E-state index in [1.54, 1.807) is 12.1 Å². The van der Waals surface area contributed by atoms with Crippen molar-refractivity contribution in [3.05, 3.63) is 41.8 Å². The van der Waals surface area contributed by atoms with Crippen molar-refractivity contribution in [1.29, 1.82) is 5.26 Å². The van der Waals surface area contributed by atoms with Gasteiger partial charge in [0.1, 0.15) is 11.9 Å². The van der Waals surface area contributed by atoms with Gasteiger partial charge in [0, 0.05) is 11.8 Å². The quantitative estimate of drug-likeness (QED) is 0.784. The van der Waals surface area contributed by atoms with Gasteiger partial charge < -0.3 is 5.73 Å². The minimum atomic E-state index is -0.548. The van der Waals surface area contributed by atoms with Crippen LogP contribution in [0.3, 0.4) is 0 Å². The Labute approximate surface area is 91.2 Å². The smallest absolute Gasteiger partial charge is 0.220 e. The lowest BCUT2D eigenvalue weighted by molar-refractivity contribution is 0.624. The third kappa shape index (κ3) is 1.81. The summed E-state index contributed by atoms with van der Waals surface area (Å²) in [5, 5.41) is 8.70. The molecule has 2 rings (SSSR count). The number of aromatic nitrogens is 2. The van der Waals surface area contributed by atoms with E-state index in [4.69, 9.17) is 11.0 Å². The molecule has 0 aliphatic carbocycles. The summed E-state index contributed by atoms with van der Waals surface area (Å²) in [6, 6.07) is 7.61. The minimum Gasteiger partial charge on any atom is -0.368 e. The van der Waals surface area contributed by atoms with Gasteiger partial charge in [-0.25, -0.2) is 14.4 Å². The van der Waals surface area contributed by atoms with Crippen molar-refractivity contribution in [2.24, 2.45) is 0 Å². The number of hydrogen-bond acceptors (Lipinski definition) is 4. The van der Waals surface area contributed by atoms with Crippen LogP contribution in [0.25, 0.3) is 11.3 Å². The summed E-state index contributed by atoms with van der Waals surface area (Å²) in [7, 11) is 0. The number of nitrogen functional groups attached to an aromatic ring is 1. The molecule has 0 saturated carbocycles. The molecule has 5 heteroatoms. The molecule has 16 heavy (non-hydrogen) atoms. The third-order valence-electron chi connectivity index (χ3n) is 2.06. The Bertz CT molecular complexity index is 574. The summed E-state index contributed by atoms with van der Waals surface area (Å²) in [5.41, 5.74) is 6.61. The lowest BCUT2D eigenvalue weighted by atomic mass is 10.1. The van der Waals surface area contributed by atoms with E-state index < -0.39 is 5.82 Å². The fourth-order valence-corrected chi connectivity index (χ4v) is 1.30. The number of nitrogens with two attached hydrogens (primary N) is 1. The lowest BCUT2D eigenvalue weighted by Gasteiger charge is -2.02. The van der Waals surface area contributed by atoms with Gasteiger partial charge in [0.15, 0.2) is 0 Å². The summed E-state index contributed by atoms with van der Waals surface area (Å²) >= 11 is 0. The van der Waals surface area contributed by atoms with E-state index >= 15 is 0 Å². The zero-order valence-corrected chi connectivity index (χ0v) is 8.18. The molecule has 78 valence electrons. The Morgan fingerprint density at radius 1 is 1.31 bits per heavy atom. The topological polar surface area (TPSA) is 75.6 Å². The first kappa shape index (κ1) is 10.1. The third-order valence-corrected chi connectivity index (χ3v) is 2.06. The van der Waals surface area contributed by atoms with Gasteiger partial charge in [-0.1, -0.05) is 0 Å². The molecule has 2 N–H and O–H groups in total. The van der Waals surface area contributed by atoms with Crippen molar-refractivity contribution < 1.29 is 4.39 Å². The number of benzene rings is 1.